The van der Waals surface area contributed by atoms with Crippen molar-refractivity contribution >= 4 is 11.6 Å². The first kappa shape index (κ1) is 20.2. The Labute approximate surface area is 167 Å². The number of nitrogens with zero attached hydrogens (tertiary/aromatic N) is 2. The minimum atomic E-state index is 0.164. The highest BCUT2D eigenvalue weighted by molar-refractivity contribution is 5.93. The van der Waals surface area contributed by atoms with Crippen LogP contribution >= 0.6 is 0 Å². The van der Waals surface area contributed by atoms with Gasteiger partial charge in [-0.15, -0.1) is 0 Å². The van der Waals surface area contributed by atoms with E-state index in [2.05, 4.69) is 36.1 Å². The Morgan fingerprint density at radius 1 is 1.18 bits per heavy atom. The van der Waals surface area contributed by atoms with Gasteiger partial charge in [-0.05, 0) is 49.6 Å². The van der Waals surface area contributed by atoms with E-state index >= 15 is 0 Å². The number of aromatic hydroxyl groups is 1. The van der Waals surface area contributed by atoms with Crippen LogP contribution in [0.1, 0.15) is 37.3 Å². The largest absolute Gasteiger partial charge is 0.504 e. The molecule has 0 aliphatic carbocycles. The number of amides is 1. The van der Waals surface area contributed by atoms with E-state index < -0.39 is 0 Å². The fourth-order valence-corrected chi connectivity index (χ4v) is 3.85. The van der Waals surface area contributed by atoms with Crippen LogP contribution in [0, 0.1) is 6.92 Å². The number of phenols is 1. The van der Waals surface area contributed by atoms with E-state index in [9.17, 15) is 9.90 Å². The van der Waals surface area contributed by atoms with Crippen LogP contribution in [0.15, 0.2) is 42.5 Å². The minimum absolute atomic E-state index is 0.164. The Balaban J connectivity index is 1.65. The lowest BCUT2D eigenvalue weighted by atomic mass is 10.0. The molecule has 5 heteroatoms. The first-order valence-electron chi connectivity index (χ1n) is 9.98. The molecule has 0 aromatic heterocycles. The molecule has 1 aliphatic rings. The van der Waals surface area contributed by atoms with E-state index in [0.717, 1.165) is 43.7 Å². The first-order chi connectivity index (χ1) is 13.5. The fraction of sp³-hybridized carbons (Fsp3) is 0.435. The highest BCUT2D eigenvalue weighted by atomic mass is 16.5. The van der Waals surface area contributed by atoms with Crippen LogP contribution in [0.25, 0.3) is 0 Å². The zero-order valence-corrected chi connectivity index (χ0v) is 17.0. The van der Waals surface area contributed by atoms with Crippen LogP contribution in [0.5, 0.6) is 11.5 Å². The molecule has 1 heterocycles. The summed E-state index contributed by atoms with van der Waals surface area (Å²) in [7, 11) is 1.56. The van der Waals surface area contributed by atoms with Gasteiger partial charge in [0.2, 0.25) is 5.91 Å². The third-order valence-corrected chi connectivity index (χ3v) is 5.46. The van der Waals surface area contributed by atoms with Crippen LogP contribution in [0.2, 0.25) is 0 Å². The number of carbonyl (C=O) groups is 1. The Bertz CT molecular complexity index is 796. The van der Waals surface area contributed by atoms with Crippen LogP contribution in [0.3, 0.4) is 0 Å². The molecule has 0 unspecified atom stereocenters. The molecule has 2 aromatic carbocycles. The normalized spacial score (nSPS) is 15.4. The maximum Gasteiger partial charge on any atom is 0.226 e. The van der Waals surface area contributed by atoms with Gasteiger partial charge in [-0.1, -0.05) is 30.7 Å². The van der Waals surface area contributed by atoms with Crippen molar-refractivity contribution in [1.29, 1.82) is 0 Å². The molecule has 0 bridgehead atoms. The maximum atomic E-state index is 12.6. The lowest BCUT2D eigenvalue weighted by Crippen LogP contribution is -2.47. The molecule has 0 atom stereocenters. The second kappa shape index (κ2) is 9.11. The molecule has 1 N–H and O–H groups in total. The number of hydrogen-bond acceptors (Lipinski definition) is 4. The van der Waals surface area contributed by atoms with E-state index in [1.807, 2.05) is 24.0 Å². The molecule has 0 saturated carbocycles. The summed E-state index contributed by atoms with van der Waals surface area (Å²) in [5.74, 6) is 0.855. The third-order valence-electron chi connectivity index (χ3n) is 5.46. The van der Waals surface area contributed by atoms with E-state index in [0.29, 0.717) is 12.2 Å². The van der Waals surface area contributed by atoms with Gasteiger partial charge in [-0.25, -0.2) is 0 Å². The predicted octanol–water partition coefficient (Wildman–Crippen LogP) is 4.12. The van der Waals surface area contributed by atoms with Gasteiger partial charge in [0.05, 0.1) is 7.11 Å². The Morgan fingerprint density at radius 2 is 1.86 bits per heavy atom. The number of hydrogen-bond donors (Lipinski definition) is 1. The van der Waals surface area contributed by atoms with Gasteiger partial charge >= 0.3 is 0 Å². The van der Waals surface area contributed by atoms with Gasteiger partial charge < -0.3 is 14.7 Å². The molecular weight excluding hydrogens is 352 g/mol. The first-order valence-corrected chi connectivity index (χ1v) is 9.98. The average Bonchev–Trinajstić information content (AvgIpc) is 2.72. The fourth-order valence-electron chi connectivity index (χ4n) is 3.85. The van der Waals surface area contributed by atoms with Crippen molar-refractivity contribution in [2.75, 3.05) is 25.1 Å². The summed E-state index contributed by atoms with van der Waals surface area (Å²) >= 11 is 0. The standard InChI is InChI=1S/C23H30N2O3/c1-4-23(27)25(19-8-5-17(2)6-9-19)20-11-13-24(14-12-20)16-18-7-10-21(26)22(15-18)28-3/h5-10,15,20,26H,4,11-14,16H2,1-3H3. The van der Waals surface area contributed by atoms with Crippen molar-refractivity contribution in [2.45, 2.75) is 45.7 Å². The molecule has 1 aliphatic heterocycles. The number of methoxy groups -OCH3 is 1. The molecule has 5 nitrogen and oxygen atoms in total. The Kier molecular flexibility index (Phi) is 6.57. The van der Waals surface area contributed by atoms with Crippen molar-refractivity contribution in [3.63, 3.8) is 0 Å². The molecule has 1 fully saturated rings. The van der Waals surface area contributed by atoms with Crippen LogP contribution in [0.4, 0.5) is 5.69 Å². The van der Waals surface area contributed by atoms with E-state index in [-0.39, 0.29) is 17.7 Å². The summed E-state index contributed by atoms with van der Waals surface area (Å²) in [6.07, 6.45) is 2.42. The predicted molar refractivity (Wildman–Crippen MR) is 112 cm³/mol. The SMILES string of the molecule is CCC(=O)N(c1ccc(C)cc1)C1CCN(Cc2ccc(O)c(OC)c2)CC1. The molecule has 0 radical (unpaired) electrons. The number of likely N-dealkylation sites (tertiary alicyclic amines) is 1. The molecule has 1 saturated heterocycles. The number of aryl methyl sites for hydroxylation is 1. The summed E-state index contributed by atoms with van der Waals surface area (Å²) in [6, 6.07) is 14.0. The quantitative estimate of drug-likeness (QED) is 0.817. The van der Waals surface area contributed by atoms with Crippen molar-refractivity contribution in [3.05, 3.63) is 53.6 Å². The van der Waals surface area contributed by atoms with Crippen molar-refractivity contribution in [1.82, 2.24) is 4.90 Å². The average molecular weight is 383 g/mol. The molecule has 28 heavy (non-hydrogen) atoms. The molecule has 2 aromatic rings. The summed E-state index contributed by atoms with van der Waals surface area (Å²) in [5, 5.41) is 9.76. The summed E-state index contributed by atoms with van der Waals surface area (Å²) in [6.45, 7) is 6.68. The summed E-state index contributed by atoms with van der Waals surface area (Å²) < 4.78 is 5.21. The maximum absolute atomic E-state index is 12.6. The number of ether oxygens (including phenoxy) is 1. The summed E-state index contributed by atoms with van der Waals surface area (Å²) in [5.41, 5.74) is 3.32. The van der Waals surface area contributed by atoms with Crippen molar-refractivity contribution in [3.8, 4) is 11.5 Å². The Morgan fingerprint density at radius 3 is 2.46 bits per heavy atom. The number of phenolic OH excluding ortho intramolecular Hbond substituents is 1. The number of piperidine rings is 1. The second-order valence-electron chi connectivity index (χ2n) is 7.47. The van der Waals surface area contributed by atoms with E-state index in [1.54, 1.807) is 13.2 Å². The molecule has 0 spiro atoms. The number of benzene rings is 2. The minimum Gasteiger partial charge on any atom is -0.504 e. The Hall–Kier alpha value is -2.53. The lowest BCUT2D eigenvalue weighted by molar-refractivity contribution is -0.119. The third kappa shape index (κ3) is 4.65. The van der Waals surface area contributed by atoms with Crippen LogP contribution in [-0.4, -0.2) is 42.2 Å². The summed E-state index contributed by atoms with van der Waals surface area (Å²) in [4.78, 5) is 17.0. The number of rotatable bonds is 6. The topological polar surface area (TPSA) is 53.0 Å². The zero-order valence-electron chi connectivity index (χ0n) is 17.0. The van der Waals surface area contributed by atoms with Crippen LogP contribution < -0.4 is 9.64 Å². The van der Waals surface area contributed by atoms with E-state index in [4.69, 9.17) is 4.74 Å². The molecule has 3 rings (SSSR count). The second-order valence-corrected chi connectivity index (χ2v) is 7.47. The number of carbonyl (C=O) groups excluding carboxylic acids is 1. The highest BCUT2D eigenvalue weighted by Crippen LogP contribution is 2.29. The monoisotopic (exact) mass is 382 g/mol. The van der Waals surface area contributed by atoms with Crippen molar-refractivity contribution < 1.29 is 14.6 Å². The van der Waals surface area contributed by atoms with Crippen molar-refractivity contribution in [2.24, 2.45) is 0 Å². The van der Waals surface area contributed by atoms with Crippen LogP contribution in [-0.2, 0) is 11.3 Å². The number of anilines is 1. The lowest BCUT2D eigenvalue weighted by Gasteiger charge is -2.38. The highest BCUT2D eigenvalue weighted by Gasteiger charge is 2.28. The van der Waals surface area contributed by atoms with Gasteiger partial charge in [0, 0.05) is 37.8 Å². The van der Waals surface area contributed by atoms with Gasteiger partial charge in [0.1, 0.15) is 0 Å². The zero-order chi connectivity index (χ0) is 20.1. The molecule has 150 valence electrons. The smallest absolute Gasteiger partial charge is 0.226 e. The van der Waals surface area contributed by atoms with Gasteiger partial charge in [0.25, 0.3) is 0 Å². The van der Waals surface area contributed by atoms with E-state index in [1.165, 1.54) is 5.56 Å². The molecule has 1 amide bonds. The van der Waals surface area contributed by atoms with Gasteiger partial charge in [-0.3, -0.25) is 9.69 Å². The van der Waals surface area contributed by atoms with Gasteiger partial charge in [0.15, 0.2) is 11.5 Å². The van der Waals surface area contributed by atoms with Gasteiger partial charge in [-0.2, -0.15) is 0 Å². The molecular formula is C23H30N2O3.